The van der Waals surface area contributed by atoms with Crippen LogP contribution in [0.15, 0.2) is 77.7 Å². The molecule has 0 amide bonds. The van der Waals surface area contributed by atoms with Gasteiger partial charge in [-0.05, 0) is 79.3 Å². The lowest BCUT2D eigenvalue weighted by Gasteiger charge is -2.37. The van der Waals surface area contributed by atoms with Crippen LogP contribution in [-0.4, -0.2) is 21.5 Å². The predicted octanol–water partition coefficient (Wildman–Crippen LogP) is 5.72. The van der Waals surface area contributed by atoms with Gasteiger partial charge in [-0.2, -0.15) is 0 Å². The molecule has 0 fully saturated rings. The van der Waals surface area contributed by atoms with E-state index in [1.54, 1.807) is 30.3 Å². The molecule has 5 rings (SSSR count). The maximum atomic E-state index is 13.2. The fraction of sp³-hybridized carbons (Fsp3) is 0.250. The number of anilines is 2. The van der Waals surface area contributed by atoms with Crippen molar-refractivity contribution in [3.05, 3.63) is 101 Å². The Balaban J connectivity index is 1.45. The summed E-state index contributed by atoms with van der Waals surface area (Å²) in [6.45, 7) is 3.88. The summed E-state index contributed by atoms with van der Waals surface area (Å²) in [6.07, 6.45) is 5.23. The molecule has 6 nitrogen and oxygen atoms in total. The second-order valence-corrected chi connectivity index (χ2v) is 10.9. The van der Waals surface area contributed by atoms with Crippen molar-refractivity contribution in [1.82, 2.24) is 0 Å². The van der Waals surface area contributed by atoms with Crippen LogP contribution in [-0.2, 0) is 14.8 Å². The summed E-state index contributed by atoms with van der Waals surface area (Å²) in [5, 5.41) is 3.62. The van der Waals surface area contributed by atoms with Gasteiger partial charge in [0.25, 0.3) is 10.0 Å². The van der Waals surface area contributed by atoms with Crippen molar-refractivity contribution in [2.45, 2.75) is 37.1 Å². The van der Waals surface area contributed by atoms with Gasteiger partial charge in [0.05, 0.1) is 29.3 Å². The first-order chi connectivity index (χ1) is 16.8. The molecule has 1 aliphatic heterocycles. The number of carbonyl (C=O) groups excluding carboxylic acids is 1. The Morgan fingerprint density at radius 1 is 1.03 bits per heavy atom. The van der Waals surface area contributed by atoms with Crippen molar-refractivity contribution < 1.29 is 17.9 Å². The first kappa shape index (κ1) is 23.2. The third-order valence-electron chi connectivity index (χ3n) is 6.96. The molecule has 0 unspecified atom stereocenters. The maximum absolute atomic E-state index is 13.2. The van der Waals surface area contributed by atoms with Crippen LogP contribution < -0.4 is 10.0 Å². The van der Waals surface area contributed by atoms with Gasteiger partial charge in [0.2, 0.25) is 0 Å². The standard InChI is InChI=1S/C28H28N2O4S/c1-17-7-13-25(18(2)15-17)30-35(32,33)21-12-14-26-24(16-21)22-5-4-6-23(22)27(29-26)19-8-10-20(11-9-19)28(31)34-3/h4-5,7-16,22-23,27,29-30H,6H2,1-3H3/t22-,23+,27+/m0/s1. The lowest BCUT2D eigenvalue weighted by Crippen LogP contribution is -2.29. The molecule has 3 atom stereocenters. The molecule has 3 aromatic rings. The minimum atomic E-state index is -3.74. The van der Waals surface area contributed by atoms with Crippen molar-refractivity contribution in [3.63, 3.8) is 0 Å². The van der Waals surface area contributed by atoms with Gasteiger partial charge in [-0.15, -0.1) is 0 Å². The summed E-state index contributed by atoms with van der Waals surface area (Å²) in [7, 11) is -2.37. The number of nitrogens with one attached hydrogen (secondary N) is 2. The normalized spacial score (nSPS) is 20.5. The van der Waals surface area contributed by atoms with Crippen molar-refractivity contribution in [2.24, 2.45) is 5.92 Å². The summed E-state index contributed by atoms with van der Waals surface area (Å²) in [4.78, 5) is 12.1. The van der Waals surface area contributed by atoms with Gasteiger partial charge in [-0.3, -0.25) is 4.72 Å². The monoisotopic (exact) mass is 488 g/mol. The lowest BCUT2D eigenvalue weighted by atomic mass is 9.77. The van der Waals surface area contributed by atoms with Gasteiger partial charge in [0, 0.05) is 11.6 Å². The quantitative estimate of drug-likeness (QED) is 0.355. The van der Waals surface area contributed by atoms with Crippen molar-refractivity contribution in [1.29, 1.82) is 0 Å². The van der Waals surface area contributed by atoms with Gasteiger partial charge >= 0.3 is 5.97 Å². The van der Waals surface area contributed by atoms with E-state index in [1.165, 1.54) is 7.11 Å². The Labute approximate surface area is 206 Å². The second kappa shape index (κ2) is 8.89. The van der Waals surface area contributed by atoms with Crippen LogP contribution in [0.2, 0.25) is 0 Å². The molecule has 2 N–H and O–H groups in total. The number of fused-ring (bicyclic) bond motifs is 3. The smallest absolute Gasteiger partial charge is 0.337 e. The van der Waals surface area contributed by atoms with Crippen molar-refractivity contribution in [3.8, 4) is 0 Å². The Kier molecular flexibility index (Phi) is 5.89. The number of hydrogen-bond acceptors (Lipinski definition) is 5. The fourth-order valence-corrected chi connectivity index (χ4v) is 6.31. The number of ether oxygens (including phenoxy) is 1. The SMILES string of the molecule is COC(=O)c1ccc([C@H]2Nc3ccc(S(=O)(=O)Nc4ccc(C)cc4C)cc3[C@H]3C=CC[C@H]32)cc1. The third kappa shape index (κ3) is 4.32. The molecular weight excluding hydrogens is 460 g/mol. The van der Waals surface area contributed by atoms with Gasteiger partial charge in [0.15, 0.2) is 0 Å². The molecule has 0 aromatic heterocycles. The molecule has 35 heavy (non-hydrogen) atoms. The average molecular weight is 489 g/mol. The average Bonchev–Trinajstić information content (AvgIpc) is 3.35. The van der Waals surface area contributed by atoms with Crippen LogP contribution >= 0.6 is 0 Å². The summed E-state index contributed by atoms with van der Waals surface area (Å²) in [5.74, 6) is -0.00776. The molecule has 2 aliphatic rings. The Hall–Kier alpha value is -3.58. The number of sulfonamides is 1. The lowest BCUT2D eigenvalue weighted by molar-refractivity contribution is 0.0600. The fourth-order valence-electron chi connectivity index (χ4n) is 5.15. The number of hydrogen-bond donors (Lipinski definition) is 2. The van der Waals surface area contributed by atoms with Crippen molar-refractivity contribution in [2.75, 3.05) is 17.1 Å². The zero-order chi connectivity index (χ0) is 24.7. The number of carbonyl (C=O) groups is 1. The topological polar surface area (TPSA) is 84.5 Å². The molecule has 0 saturated heterocycles. The molecule has 1 heterocycles. The number of esters is 1. The van der Waals surface area contributed by atoms with Gasteiger partial charge in [-0.25, -0.2) is 13.2 Å². The molecular formula is C28H28N2O4S. The van der Waals surface area contributed by atoms with E-state index >= 15 is 0 Å². The van der Waals surface area contributed by atoms with E-state index in [2.05, 4.69) is 22.2 Å². The summed E-state index contributed by atoms with van der Waals surface area (Å²) in [6, 6.07) is 18.5. The van der Waals surface area contributed by atoms with Crippen LogP contribution in [0.25, 0.3) is 0 Å². The van der Waals surface area contributed by atoms with E-state index in [0.717, 1.165) is 34.4 Å². The van der Waals surface area contributed by atoms with E-state index in [0.29, 0.717) is 11.3 Å². The van der Waals surface area contributed by atoms with E-state index in [9.17, 15) is 13.2 Å². The summed E-state index contributed by atoms with van der Waals surface area (Å²) >= 11 is 0. The number of allylic oxidation sites excluding steroid dienone is 2. The molecule has 0 saturated carbocycles. The zero-order valence-corrected chi connectivity index (χ0v) is 20.7. The van der Waals surface area contributed by atoms with E-state index in [-0.39, 0.29) is 28.7 Å². The molecule has 7 heteroatoms. The number of methoxy groups -OCH3 is 1. The van der Waals surface area contributed by atoms with Gasteiger partial charge < -0.3 is 10.1 Å². The van der Waals surface area contributed by atoms with E-state index in [1.807, 2.05) is 44.2 Å². The largest absolute Gasteiger partial charge is 0.465 e. The van der Waals surface area contributed by atoms with Crippen LogP contribution in [0, 0.1) is 19.8 Å². The number of aryl methyl sites for hydroxylation is 2. The van der Waals surface area contributed by atoms with Gasteiger partial charge in [-0.1, -0.05) is 42.0 Å². The number of benzene rings is 3. The van der Waals surface area contributed by atoms with Gasteiger partial charge in [0.1, 0.15) is 0 Å². The molecule has 1 aliphatic carbocycles. The van der Waals surface area contributed by atoms with E-state index in [4.69, 9.17) is 4.74 Å². The minimum absolute atomic E-state index is 0.0463. The highest BCUT2D eigenvalue weighted by Gasteiger charge is 2.38. The first-order valence-corrected chi connectivity index (χ1v) is 13.1. The molecule has 0 bridgehead atoms. The van der Waals surface area contributed by atoms with Crippen LogP contribution in [0.1, 0.15) is 51.0 Å². The molecule has 180 valence electrons. The summed E-state index contributed by atoms with van der Waals surface area (Å²) in [5.41, 5.74) is 6.04. The Bertz CT molecular complexity index is 1430. The highest BCUT2D eigenvalue weighted by atomic mass is 32.2. The maximum Gasteiger partial charge on any atom is 0.337 e. The second-order valence-electron chi connectivity index (χ2n) is 9.26. The van der Waals surface area contributed by atoms with Crippen LogP contribution in [0.4, 0.5) is 11.4 Å². The van der Waals surface area contributed by atoms with Crippen LogP contribution in [0.5, 0.6) is 0 Å². The zero-order valence-electron chi connectivity index (χ0n) is 19.9. The molecule has 0 spiro atoms. The Morgan fingerprint density at radius 3 is 2.51 bits per heavy atom. The van der Waals surface area contributed by atoms with E-state index < -0.39 is 10.0 Å². The number of rotatable bonds is 5. The minimum Gasteiger partial charge on any atom is -0.465 e. The highest BCUT2D eigenvalue weighted by Crippen LogP contribution is 2.50. The van der Waals surface area contributed by atoms with Crippen molar-refractivity contribution >= 4 is 27.4 Å². The van der Waals surface area contributed by atoms with Crippen LogP contribution in [0.3, 0.4) is 0 Å². The Morgan fingerprint density at radius 2 is 1.80 bits per heavy atom. The molecule has 3 aromatic carbocycles. The third-order valence-corrected chi connectivity index (χ3v) is 8.32. The summed E-state index contributed by atoms with van der Waals surface area (Å²) < 4.78 is 34.0. The highest BCUT2D eigenvalue weighted by molar-refractivity contribution is 7.92. The first-order valence-electron chi connectivity index (χ1n) is 11.6. The molecule has 0 radical (unpaired) electrons. The predicted molar refractivity (Wildman–Crippen MR) is 137 cm³/mol.